The van der Waals surface area contributed by atoms with Crippen LogP contribution in [0.15, 0.2) is 66.7 Å². The van der Waals surface area contributed by atoms with Crippen LogP contribution in [-0.4, -0.2) is 50.6 Å². The van der Waals surface area contributed by atoms with Gasteiger partial charge in [0, 0.05) is 50.6 Å². The lowest BCUT2D eigenvalue weighted by molar-refractivity contribution is -0.118. The zero-order chi connectivity index (χ0) is 25.8. The van der Waals surface area contributed by atoms with Gasteiger partial charge in [-0.25, -0.2) is 0 Å². The first-order valence-electron chi connectivity index (χ1n) is 13.1. The molecule has 6 nitrogen and oxygen atoms in total. The van der Waals surface area contributed by atoms with Gasteiger partial charge in [-0.2, -0.15) is 0 Å². The number of halogens is 1. The van der Waals surface area contributed by atoms with Crippen molar-refractivity contribution >= 4 is 35.6 Å². The maximum Gasteiger partial charge on any atom is 0.255 e. The van der Waals surface area contributed by atoms with Gasteiger partial charge in [0.25, 0.3) is 5.91 Å². The van der Waals surface area contributed by atoms with Crippen LogP contribution in [0.4, 0.5) is 11.4 Å². The molecule has 0 bridgehead atoms. The molecule has 0 radical (unpaired) electrons. The number of hydrogen-bond acceptors (Lipinski definition) is 4. The van der Waals surface area contributed by atoms with Gasteiger partial charge in [-0.1, -0.05) is 42.5 Å². The quantitative estimate of drug-likeness (QED) is 0.417. The third-order valence-electron chi connectivity index (χ3n) is 7.54. The largest absolute Gasteiger partial charge is 0.384 e. The highest BCUT2D eigenvalue weighted by Crippen LogP contribution is 2.31. The molecule has 3 aromatic carbocycles. The van der Waals surface area contributed by atoms with E-state index in [0.29, 0.717) is 23.6 Å². The van der Waals surface area contributed by atoms with E-state index >= 15 is 0 Å². The molecular weight excluding hydrogens is 498 g/mol. The number of carbonyl (C=O) groups is 2. The summed E-state index contributed by atoms with van der Waals surface area (Å²) in [5.74, 6) is 0.489. The summed E-state index contributed by atoms with van der Waals surface area (Å²) in [6, 6.07) is 22.2. The molecule has 2 aliphatic heterocycles. The molecule has 0 aromatic heterocycles. The summed E-state index contributed by atoms with van der Waals surface area (Å²) in [5, 5.41) is 3.05. The standard InChI is InChI=1S/C31H35N3O3.ClH/c1-33-29-18-27(13-10-24(29)12-15-30(33)35)32-31(36)25-11-14-28(23-8-4-3-5-9-23)26(17-25)20-34-16-6-7-22(19-34)21-37-2;/h3-5,8-11,13-14,17-18,22H,6-7,12,15-16,19-21H2,1-2H3,(H,32,36);1H. The van der Waals surface area contributed by atoms with Gasteiger partial charge >= 0.3 is 0 Å². The van der Waals surface area contributed by atoms with E-state index in [2.05, 4.69) is 28.4 Å². The number of nitrogens with one attached hydrogen (secondary N) is 1. The lowest BCUT2D eigenvalue weighted by Gasteiger charge is -2.33. The summed E-state index contributed by atoms with van der Waals surface area (Å²) in [6.45, 7) is 3.62. The highest BCUT2D eigenvalue weighted by molar-refractivity contribution is 6.05. The van der Waals surface area contributed by atoms with Gasteiger partial charge in [-0.05, 0) is 78.2 Å². The zero-order valence-corrected chi connectivity index (χ0v) is 22.9. The number of hydrogen-bond donors (Lipinski definition) is 1. The number of carbonyl (C=O) groups excluding carboxylic acids is 2. The Morgan fingerprint density at radius 3 is 2.66 bits per heavy atom. The fourth-order valence-corrected chi connectivity index (χ4v) is 5.58. The van der Waals surface area contributed by atoms with Crippen molar-refractivity contribution in [1.82, 2.24) is 4.90 Å². The monoisotopic (exact) mass is 533 g/mol. The molecule has 2 aliphatic rings. The van der Waals surface area contributed by atoms with Crippen LogP contribution in [0.3, 0.4) is 0 Å². The first kappa shape index (κ1) is 27.8. The minimum atomic E-state index is -0.151. The van der Waals surface area contributed by atoms with E-state index in [1.807, 2.05) is 48.5 Å². The average Bonchev–Trinajstić information content (AvgIpc) is 2.92. The molecule has 1 fully saturated rings. The predicted molar refractivity (Wildman–Crippen MR) is 155 cm³/mol. The van der Waals surface area contributed by atoms with Crippen molar-refractivity contribution in [2.75, 3.05) is 44.1 Å². The first-order chi connectivity index (χ1) is 18.0. The number of methoxy groups -OCH3 is 1. The molecule has 1 atom stereocenters. The maximum absolute atomic E-state index is 13.3. The van der Waals surface area contributed by atoms with Gasteiger partial charge in [-0.15, -0.1) is 12.4 Å². The number of fused-ring (bicyclic) bond motifs is 1. The Kier molecular flexibility index (Phi) is 9.21. The second kappa shape index (κ2) is 12.6. The Bertz CT molecular complexity index is 1280. The summed E-state index contributed by atoms with van der Waals surface area (Å²) in [6.07, 6.45) is 3.61. The lowest BCUT2D eigenvalue weighted by Crippen LogP contribution is -2.36. The third-order valence-corrected chi connectivity index (χ3v) is 7.54. The number of rotatable bonds is 7. The molecule has 1 N–H and O–H groups in total. The van der Waals surface area contributed by atoms with E-state index in [-0.39, 0.29) is 24.2 Å². The molecule has 3 aromatic rings. The molecule has 7 heteroatoms. The van der Waals surface area contributed by atoms with E-state index in [1.165, 1.54) is 6.42 Å². The molecule has 1 unspecified atom stereocenters. The summed E-state index contributed by atoms with van der Waals surface area (Å²) >= 11 is 0. The van der Waals surface area contributed by atoms with Crippen LogP contribution >= 0.6 is 12.4 Å². The van der Waals surface area contributed by atoms with Gasteiger partial charge in [0.2, 0.25) is 5.91 Å². The molecule has 2 heterocycles. The van der Waals surface area contributed by atoms with Crippen LogP contribution in [0, 0.1) is 5.92 Å². The Hall–Kier alpha value is -3.19. The van der Waals surface area contributed by atoms with Crippen LogP contribution in [0.1, 0.15) is 40.7 Å². The minimum Gasteiger partial charge on any atom is -0.384 e. The number of likely N-dealkylation sites (tertiary alicyclic amines) is 1. The lowest BCUT2D eigenvalue weighted by atomic mass is 9.94. The molecular formula is C31H36ClN3O3. The maximum atomic E-state index is 13.3. The number of ether oxygens (including phenoxy) is 1. The van der Waals surface area contributed by atoms with Crippen LogP contribution in [-0.2, 0) is 22.5 Å². The number of anilines is 2. The second-order valence-corrected chi connectivity index (χ2v) is 10.2. The number of nitrogens with zero attached hydrogens (tertiary/aromatic N) is 2. The Balaban J connectivity index is 0.00000336. The van der Waals surface area contributed by atoms with Crippen molar-refractivity contribution in [3.05, 3.63) is 83.4 Å². The molecule has 2 amide bonds. The van der Waals surface area contributed by atoms with Crippen molar-refractivity contribution in [1.29, 1.82) is 0 Å². The van der Waals surface area contributed by atoms with Gasteiger partial charge in [0.05, 0.1) is 6.61 Å². The summed E-state index contributed by atoms with van der Waals surface area (Å²) in [7, 11) is 3.56. The third kappa shape index (κ3) is 6.26. The Labute approximate surface area is 231 Å². The van der Waals surface area contributed by atoms with E-state index in [0.717, 1.165) is 67.0 Å². The van der Waals surface area contributed by atoms with Gasteiger partial charge in [0.1, 0.15) is 0 Å². The van der Waals surface area contributed by atoms with Gasteiger partial charge in [0.15, 0.2) is 0 Å². The average molecular weight is 534 g/mol. The molecule has 200 valence electrons. The zero-order valence-electron chi connectivity index (χ0n) is 22.1. The molecule has 0 aliphatic carbocycles. The summed E-state index contributed by atoms with van der Waals surface area (Å²) < 4.78 is 5.43. The van der Waals surface area contributed by atoms with E-state index in [1.54, 1.807) is 19.1 Å². The topological polar surface area (TPSA) is 61.9 Å². The number of piperidine rings is 1. The van der Waals surface area contributed by atoms with Gasteiger partial charge in [-0.3, -0.25) is 14.5 Å². The van der Waals surface area contributed by atoms with Gasteiger partial charge < -0.3 is 15.0 Å². The van der Waals surface area contributed by atoms with Crippen molar-refractivity contribution in [2.24, 2.45) is 5.92 Å². The first-order valence-corrected chi connectivity index (χ1v) is 13.1. The fraction of sp³-hybridized carbons (Fsp3) is 0.355. The summed E-state index contributed by atoms with van der Waals surface area (Å²) in [4.78, 5) is 29.6. The Morgan fingerprint density at radius 2 is 1.87 bits per heavy atom. The normalized spacial score (nSPS) is 17.5. The molecule has 1 saturated heterocycles. The Morgan fingerprint density at radius 1 is 1.05 bits per heavy atom. The molecule has 0 spiro atoms. The minimum absolute atomic E-state index is 0. The van der Waals surface area contributed by atoms with Crippen LogP contribution in [0.2, 0.25) is 0 Å². The van der Waals surface area contributed by atoms with E-state index in [9.17, 15) is 9.59 Å². The fourth-order valence-electron chi connectivity index (χ4n) is 5.58. The highest BCUT2D eigenvalue weighted by atomic mass is 35.5. The van der Waals surface area contributed by atoms with Crippen LogP contribution < -0.4 is 10.2 Å². The second-order valence-electron chi connectivity index (χ2n) is 10.2. The smallest absolute Gasteiger partial charge is 0.255 e. The van der Waals surface area contributed by atoms with Crippen molar-refractivity contribution in [3.63, 3.8) is 0 Å². The SMILES string of the molecule is COCC1CCCN(Cc2cc(C(=O)Nc3ccc4c(c3)N(C)C(=O)CC4)ccc2-c2ccccc2)C1.Cl. The molecule has 0 saturated carbocycles. The van der Waals surface area contributed by atoms with Crippen molar-refractivity contribution < 1.29 is 14.3 Å². The predicted octanol–water partition coefficient (Wildman–Crippen LogP) is 5.80. The number of amides is 2. The molecule has 38 heavy (non-hydrogen) atoms. The van der Waals surface area contributed by atoms with Crippen LogP contribution in [0.5, 0.6) is 0 Å². The van der Waals surface area contributed by atoms with E-state index in [4.69, 9.17) is 4.74 Å². The van der Waals surface area contributed by atoms with Crippen molar-refractivity contribution in [3.8, 4) is 11.1 Å². The van der Waals surface area contributed by atoms with E-state index < -0.39 is 0 Å². The number of benzene rings is 3. The summed E-state index contributed by atoms with van der Waals surface area (Å²) in [5.41, 5.74) is 6.76. The van der Waals surface area contributed by atoms with Crippen LogP contribution in [0.25, 0.3) is 11.1 Å². The molecule has 5 rings (SSSR count). The van der Waals surface area contributed by atoms with Crippen molar-refractivity contribution in [2.45, 2.75) is 32.2 Å². The highest BCUT2D eigenvalue weighted by Gasteiger charge is 2.23. The number of aryl methyl sites for hydroxylation is 1.